The Kier molecular flexibility index (Phi) is 2.81. The van der Waals surface area contributed by atoms with Crippen LogP contribution in [0.2, 0.25) is 0 Å². The zero-order chi connectivity index (χ0) is 15.3. The molecule has 0 saturated carbocycles. The fourth-order valence-corrected chi connectivity index (χ4v) is 2.18. The summed E-state index contributed by atoms with van der Waals surface area (Å²) >= 11 is 0. The van der Waals surface area contributed by atoms with Crippen LogP contribution in [0.4, 0.5) is 18.9 Å². The van der Waals surface area contributed by atoms with Gasteiger partial charge in [0.1, 0.15) is 4.90 Å². The molecular formula is C7H4F3N3O6S+2. The molecule has 1 heterocycles. The molecule has 0 radical (unpaired) electrons. The lowest BCUT2D eigenvalue weighted by atomic mass is 10.3. The lowest BCUT2D eigenvalue weighted by Crippen LogP contribution is -2.28. The molecule has 0 fully saturated rings. The van der Waals surface area contributed by atoms with Gasteiger partial charge in [-0.3, -0.25) is 0 Å². The van der Waals surface area contributed by atoms with Gasteiger partial charge < -0.3 is 5.21 Å². The van der Waals surface area contributed by atoms with Crippen LogP contribution < -0.4 is 4.90 Å². The Hall–Kier alpha value is -2.44. The fourth-order valence-electron chi connectivity index (χ4n) is 1.38. The first-order chi connectivity index (χ1) is 9.05. The van der Waals surface area contributed by atoms with Gasteiger partial charge in [0, 0.05) is 12.1 Å². The van der Waals surface area contributed by atoms with Crippen LogP contribution in [0, 0.1) is 4.91 Å². The molecule has 0 aliphatic heterocycles. The molecule has 1 aromatic heterocycles. The van der Waals surface area contributed by atoms with E-state index in [0.717, 1.165) is 0 Å². The highest BCUT2D eigenvalue weighted by Gasteiger charge is 2.49. The van der Waals surface area contributed by atoms with Crippen molar-refractivity contribution in [1.29, 1.82) is 0 Å². The normalized spacial score (nSPS) is 12.8. The number of rotatable bonds is 2. The second-order valence-electron chi connectivity index (χ2n) is 3.48. The van der Waals surface area contributed by atoms with Crippen molar-refractivity contribution in [2.24, 2.45) is 0 Å². The number of fused-ring (bicyclic) bond motifs is 1. The predicted molar refractivity (Wildman–Crippen MR) is 49.7 cm³/mol. The van der Waals surface area contributed by atoms with E-state index >= 15 is 0 Å². The van der Waals surface area contributed by atoms with Crippen LogP contribution in [-0.2, 0) is 9.84 Å². The predicted octanol–water partition coefficient (Wildman–Crippen LogP) is 0.446. The molecule has 0 atom stereocenters. The number of nitrogens with zero attached hydrogens (tertiary/aromatic N) is 3. The highest BCUT2D eigenvalue weighted by molar-refractivity contribution is 7.92. The summed E-state index contributed by atoms with van der Waals surface area (Å²) in [6, 6.07) is 0.641. The quantitative estimate of drug-likeness (QED) is 0.608. The van der Waals surface area contributed by atoms with E-state index in [2.05, 4.69) is 9.79 Å². The molecular weight excluding hydrogens is 311 g/mol. The van der Waals surface area contributed by atoms with E-state index < -0.39 is 41.9 Å². The summed E-state index contributed by atoms with van der Waals surface area (Å²) in [6.07, 6.45) is 0. The molecule has 2 aromatic rings. The van der Waals surface area contributed by atoms with E-state index in [1.54, 1.807) is 0 Å². The van der Waals surface area contributed by atoms with Gasteiger partial charge in [0.05, 0.1) is 9.80 Å². The summed E-state index contributed by atoms with van der Waals surface area (Å²) in [4.78, 5) is 8.40. The van der Waals surface area contributed by atoms with Gasteiger partial charge in [-0.15, -0.1) is 0 Å². The molecule has 2 rings (SSSR count). The second kappa shape index (κ2) is 4.03. The number of aromatic nitrogens is 2. The molecule has 0 aliphatic rings. The molecule has 1 aromatic carbocycles. The Bertz CT molecular complexity index is 811. The molecule has 9 nitrogen and oxygen atoms in total. The molecule has 0 amide bonds. The highest BCUT2D eigenvalue weighted by atomic mass is 32.2. The number of hydrogen-bond acceptors (Lipinski definition) is 6. The SMILES string of the molecule is O=[N+](O)c1cc(S(=O)(=O)C(F)(F)F)cc2c1no[n+]2O. The van der Waals surface area contributed by atoms with E-state index in [-0.39, 0.29) is 11.0 Å². The number of benzene rings is 1. The minimum Gasteiger partial charge on any atom is -0.316 e. The lowest BCUT2D eigenvalue weighted by Gasteiger charge is -2.06. The third-order valence-corrected chi connectivity index (χ3v) is 3.75. The van der Waals surface area contributed by atoms with Crippen molar-refractivity contribution in [3.8, 4) is 0 Å². The maximum atomic E-state index is 12.4. The number of sulfone groups is 1. The Morgan fingerprint density at radius 2 is 1.95 bits per heavy atom. The van der Waals surface area contributed by atoms with Crippen molar-refractivity contribution in [2.75, 3.05) is 0 Å². The lowest BCUT2D eigenvalue weighted by molar-refractivity contribution is -1.02. The number of alkyl halides is 3. The minimum atomic E-state index is -5.79. The molecule has 0 bridgehead atoms. The maximum absolute atomic E-state index is 12.4. The topological polar surface area (TPSA) is 125 Å². The van der Waals surface area contributed by atoms with Crippen molar-refractivity contribution in [3.63, 3.8) is 0 Å². The van der Waals surface area contributed by atoms with Crippen LogP contribution in [0.15, 0.2) is 21.7 Å². The van der Waals surface area contributed by atoms with E-state index in [9.17, 15) is 26.5 Å². The van der Waals surface area contributed by atoms with Gasteiger partial charge in [0.15, 0.2) is 5.16 Å². The summed E-state index contributed by atoms with van der Waals surface area (Å²) in [6.45, 7) is 0. The first-order valence-corrected chi connectivity index (χ1v) is 6.06. The van der Waals surface area contributed by atoms with Crippen LogP contribution in [-0.4, -0.2) is 34.4 Å². The van der Waals surface area contributed by atoms with Crippen LogP contribution in [0.3, 0.4) is 0 Å². The van der Waals surface area contributed by atoms with Crippen molar-refractivity contribution < 1.29 is 46.5 Å². The van der Waals surface area contributed by atoms with Gasteiger partial charge in [0.25, 0.3) is 20.3 Å². The van der Waals surface area contributed by atoms with Crippen LogP contribution in [0.5, 0.6) is 0 Å². The summed E-state index contributed by atoms with van der Waals surface area (Å²) in [5.74, 6) is 0. The zero-order valence-corrected chi connectivity index (χ0v) is 9.88. The van der Waals surface area contributed by atoms with Gasteiger partial charge in [-0.2, -0.15) is 13.2 Å². The van der Waals surface area contributed by atoms with E-state index in [1.165, 1.54) is 0 Å². The maximum Gasteiger partial charge on any atom is 0.501 e. The van der Waals surface area contributed by atoms with Gasteiger partial charge in [-0.1, -0.05) is 0 Å². The zero-order valence-electron chi connectivity index (χ0n) is 9.07. The second-order valence-corrected chi connectivity index (χ2v) is 5.42. The summed E-state index contributed by atoms with van der Waals surface area (Å²) < 4.78 is 63.9. The molecule has 2 N–H and O–H groups in total. The molecule has 20 heavy (non-hydrogen) atoms. The average molecular weight is 315 g/mol. The Labute approximate surface area is 106 Å². The first kappa shape index (κ1) is 14.0. The van der Waals surface area contributed by atoms with Gasteiger partial charge in [-0.05, 0) is 4.63 Å². The highest BCUT2D eigenvalue weighted by Crippen LogP contribution is 2.34. The van der Waals surface area contributed by atoms with E-state index in [1.807, 2.05) is 0 Å². The van der Waals surface area contributed by atoms with Gasteiger partial charge in [-0.25, -0.2) is 13.6 Å². The van der Waals surface area contributed by atoms with Crippen LogP contribution in [0.25, 0.3) is 11.0 Å². The molecule has 0 aliphatic carbocycles. The van der Waals surface area contributed by atoms with E-state index in [4.69, 9.17) is 10.4 Å². The molecule has 108 valence electrons. The van der Waals surface area contributed by atoms with E-state index in [0.29, 0.717) is 6.07 Å². The molecule has 0 saturated heterocycles. The molecule has 13 heteroatoms. The Balaban J connectivity index is 2.87. The Morgan fingerprint density at radius 1 is 1.35 bits per heavy atom. The van der Waals surface area contributed by atoms with Crippen LogP contribution >= 0.6 is 0 Å². The summed E-state index contributed by atoms with van der Waals surface area (Å²) in [7, 11) is -5.79. The third-order valence-electron chi connectivity index (χ3n) is 2.28. The van der Waals surface area contributed by atoms with Gasteiger partial charge in [0.2, 0.25) is 0 Å². The van der Waals surface area contributed by atoms with Crippen molar-refractivity contribution in [1.82, 2.24) is 5.16 Å². The standard InChI is InChI=1S/C7H4F3N3O6S/c8-7(9,10)20(17,18)3-1-4(12(14)15)6-5(2-3)13(16)19-11-6/h1-2,16H,(H,14,15)/q+2. The number of halogens is 3. The number of hydrogen-bond donors (Lipinski definition) is 2. The first-order valence-electron chi connectivity index (χ1n) is 4.58. The van der Waals surface area contributed by atoms with Crippen molar-refractivity contribution >= 4 is 26.6 Å². The van der Waals surface area contributed by atoms with Crippen molar-refractivity contribution in [2.45, 2.75) is 10.4 Å². The molecule has 0 spiro atoms. The van der Waals surface area contributed by atoms with Crippen molar-refractivity contribution in [3.05, 3.63) is 17.0 Å². The van der Waals surface area contributed by atoms with Gasteiger partial charge >= 0.3 is 16.7 Å². The monoisotopic (exact) mass is 315 g/mol. The Morgan fingerprint density at radius 3 is 2.45 bits per heavy atom. The van der Waals surface area contributed by atoms with Crippen LogP contribution in [0.1, 0.15) is 0 Å². The fraction of sp³-hybridized carbons (Fsp3) is 0.143. The summed E-state index contributed by atoms with van der Waals surface area (Å²) in [5.41, 5.74) is -7.76. The average Bonchev–Trinajstić information content (AvgIpc) is 2.68. The third kappa shape index (κ3) is 1.91. The molecule has 0 unspecified atom stereocenters. The largest absolute Gasteiger partial charge is 0.501 e. The summed E-state index contributed by atoms with van der Waals surface area (Å²) in [5, 5.41) is 21.0. The smallest absolute Gasteiger partial charge is 0.316 e. The minimum absolute atomic E-state index is 0.155.